The van der Waals surface area contributed by atoms with Crippen molar-refractivity contribution in [2.24, 2.45) is 21.5 Å². The van der Waals surface area contributed by atoms with E-state index in [2.05, 4.69) is 43.2 Å². The van der Waals surface area contributed by atoms with E-state index < -0.39 is 4.75 Å². The quantitative estimate of drug-likeness (QED) is 0.727. The van der Waals surface area contributed by atoms with Crippen LogP contribution in [0.5, 0.6) is 0 Å². The molecule has 1 amide bonds. The lowest BCUT2D eigenvalue weighted by atomic mass is 9.86. The molecule has 154 valence electrons. The number of amidine groups is 1. The Balaban J connectivity index is 1.95. The summed E-state index contributed by atoms with van der Waals surface area (Å²) in [5.41, 5.74) is 1.45. The summed E-state index contributed by atoms with van der Waals surface area (Å²) in [6, 6.07) is 0. The van der Waals surface area contributed by atoms with E-state index in [0.29, 0.717) is 22.4 Å². The first kappa shape index (κ1) is 22.4. The zero-order valence-electron chi connectivity index (χ0n) is 17.9. The van der Waals surface area contributed by atoms with Crippen molar-refractivity contribution in [3.8, 4) is 0 Å². The van der Waals surface area contributed by atoms with Crippen molar-refractivity contribution in [1.29, 1.82) is 0 Å². The van der Waals surface area contributed by atoms with Crippen LogP contribution < -0.4 is 5.32 Å². The van der Waals surface area contributed by atoms with Crippen LogP contribution in [0, 0.1) is 11.3 Å². The van der Waals surface area contributed by atoms with Crippen molar-refractivity contribution < 1.29 is 9.53 Å². The number of thioether (sulfide) groups is 1. The Kier molecular flexibility index (Phi) is 7.93. The van der Waals surface area contributed by atoms with E-state index in [1.807, 2.05) is 13.8 Å². The summed E-state index contributed by atoms with van der Waals surface area (Å²) in [6.07, 6.45) is 5.86. The second-order valence-corrected chi connectivity index (χ2v) is 11.5. The van der Waals surface area contributed by atoms with Gasteiger partial charge in [0.25, 0.3) is 0 Å². The van der Waals surface area contributed by atoms with Crippen molar-refractivity contribution in [3.05, 3.63) is 0 Å². The molecule has 6 heteroatoms. The van der Waals surface area contributed by atoms with Crippen LogP contribution in [0.2, 0.25) is 0 Å². The standard InChI is InChI=1S/C21H37N3O2S/c1-15-7-8-18(24-23-17(15)9-12-20(2,3)4)22-19(25)21(5,6)27-16-10-13-26-14-11-16/h15-16H,7-14H2,1-6H3,(H,22,24,25). The Labute approximate surface area is 169 Å². The molecular formula is C21H37N3O2S. The molecule has 1 unspecified atom stereocenters. The first-order valence-electron chi connectivity index (χ1n) is 10.3. The zero-order chi connectivity index (χ0) is 20.1. The highest BCUT2D eigenvalue weighted by atomic mass is 32.2. The van der Waals surface area contributed by atoms with Crippen LogP contribution in [0.3, 0.4) is 0 Å². The molecule has 0 aromatic heterocycles. The average Bonchev–Trinajstić information content (AvgIpc) is 2.75. The van der Waals surface area contributed by atoms with Crippen molar-refractivity contribution in [2.45, 2.75) is 90.1 Å². The van der Waals surface area contributed by atoms with E-state index in [-0.39, 0.29) is 5.91 Å². The molecule has 1 saturated heterocycles. The van der Waals surface area contributed by atoms with Gasteiger partial charge < -0.3 is 10.1 Å². The molecule has 0 saturated carbocycles. The minimum Gasteiger partial charge on any atom is -0.381 e. The number of carbonyl (C=O) groups excluding carboxylic acids is 1. The molecule has 1 N–H and O–H groups in total. The Bertz CT molecular complexity index is 572. The molecule has 1 fully saturated rings. The van der Waals surface area contributed by atoms with Crippen LogP contribution in [-0.4, -0.2) is 40.7 Å². The van der Waals surface area contributed by atoms with Crippen LogP contribution >= 0.6 is 11.8 Å². The van der Waals surface area contributed by atoms with Gasteiger partial charge in [-0.1, -0.05) is 27.7 Å². The fourth-order valence-electron chi connectivity index (χ4n) is 3.23. The summed E-state index contributed by atoms with van der Waals surface area (Å²) in [4.78, 5) is 12.8. The number of amides is 1. The van der Waals surface area contributed by atoms with Gasteiger partial charge in [0.15, 0.2) is 0 Å². The molecule has 2 heterocycles. The number of ether oxygens (including phenoxy) is 1. The predicted octanol–water partition coefficient (Wildman–Crippen LogP) is 4.80. The van der Waals surface area contributed by atoms with Gasteiger partial charge in [0.05, 0.1) is 4.75 Å². The molecule has 0 spiro atoms. The number of nitrogens with zero attached hydrogens (tertiary/aromatic N) is 2. The van der Waals surface area contributed by atoms with E-state index >= 15 is 0 Å². The van der Waals surface area contributed by atoms with Gasteiger partial charge in [-0.15, -0.1) is 16.9 Å². The van der Waals surface area contributed by atoms with Crippen molar-refractivity contribution in [2.75, 3.05) is 13.2 Å². The third-order valence-electron chi connectivity index (χ3n) is 5.25. The lowest BCUT2D eigenvalue weighted by Gasteiger charge is -2.30. The minimum absolute atomic E-state index is 0.0266. The number of rotatable bonds is 5. The summed E-state index contributed by atoms with van der Waals surface area (Å²) in [7, 11) is 0. The molecule has 5 nitrogen and oxygen atoms in total. The van der Waals surface area contributed by atoms with Gasteiger partial charge in [-0.3, -0.25) is 4.79 Å². The predicted molar refractivity (Wildman–Crippen MR) is 116 cm³/mol. The van der Waals surface area contributed by atoms with Crippen molar-refractivity contribution in [1.82, 2.24) is 5.32 Å². The van der Waals surface area contributed by atoms with Crippen LogP contribution in [-0.2, 0) is 9.53 Å². The zero-order valence-corrected chi connectivity index (χ0v) is 18.7. The molecule has 2 rings (SSSR count). The maximum atomic E-state index is 12.8. The summed E-state index contributed by atoms with van der Waals surface area (Å²) < 4.78 is 4.94. The molecule has 0 bridgehead atoms. The van der Waals surface area contributed by atoms with Crippen LogP contribution in [0.1, 0.15) is 80.1 Å². The second kappa shape index (κ2) is 9.55. The third kappa shape index (κ3) is 7.57. The molecule has 0 aliphatic carbocycles. The summed E-state index contributed by atoms with van der Waals surface area (Å²) in [5.74, 6) is 1.15. The van der Waals surface area contributed by atoms with E-state index in [4.69, 9.17) is 4.74 Å². The Hall–Kier alpha value is -0.880. The normalized spacial score (nSPS) is 22.7. The molecule has 1 atom stereocenters. The lowest BCUT2D eigenvalue weighted by molar-refractivity contribution is -0.121. The summed E-state index contributed by atoms with van der Waals surface area (Å²) in [6.45, 7) is 14.6. The topological polar surface area (TPSA) is 63.0 Å². The van der Waals surface area contributed by atoms with Gasteiger partial charge in [0.2, 0.25) is 5.91 Å². The fourth-order valence-corrected chi connectivity index (χ4v) is 4.65. The number of hydrogen-bond acceptors (Lipinski definition) is 5. The Morgan fingerprint density at radius 3 is 2.44 bits per heavy atom. The van der Waals surface area contributed by atoms with E-state index in [1.165, 1.54) is 0 Å². The fraction of sp³-hybridized carbons (Fsp3) is 0.857. The highest BCUT2D eigenvalue weighted by Crippen LogP contribution is 2.34. The summed E-state index contributed by atoms with van der Waals surface area (Å²) in [5, 5.41) is 12.4. The molecule has 27 heavy (non-hydrogen) atoms. The van der Waals surface area contributed by atoms with Gasteiger partial charge in [-0.25, -0.2) is 0 Å². The molecule has 2 aliphatic heterocycles. The maximum Gasteiger partial charge on any atom is 0.240 e. The minimum atomic E-state index is -0.485. The largest absolute Gasteiger partial charge is 0.381 e. The Morgan fingerprint density at radius 2 is 1.81 bits per heavy atom. The molecule has 2 aliphatic rings. The molecular weight excluding hydrogens is 358 g/mol. The van der Waals surface area contributed by atoms with E-state index in [0.717, 1.165) is 57.5 Å². The van der Waals surface area contributed by atoms with Gasteiger partial charge in [-0.05, 0) is 57.3 Å². The van der Waals surface area contributed by atoms with Crippen LogP contribution in [0.25, 0.3) is 0 Å². The number of hydrogen-bond donors (Lipinski definition) is 1. The van der Waals surface area contributed by atoms with Gasteiger partial charge in [0.1, 0.15) is 5.84 Å². The van der Waals surface area contributed by atoms with Crippen LogP contribution in [0.4, 0.5) is 0 Å². The van der Waals surface area contributed by atoms with Gasteiger partial charge >= 0.3 is 0 Å². The first-order chi connectivity index (χ1) is 12.6. The van der Waals surface area contributed by atoms with Crippen molar-refractivity contribution >= 4 is 29.2 Å². The highest BCUT2D eigenvalue weighted by molar-refractivity contribution is 8.01. The summed E-state index contributed by atoms with van der Waals surface area (Å²) >= 11 is 1.75. The SMILES string of the molecule is CC1CCC(NC(=O)C(C)(C)SC2CCOCC2)=NN=C1CCC(C)(C)C. The molecule has 0 aromatic carbocycles. The Morgan fingerprint density at radius 1 is 1.15 bits per heavy atom. The van der Waals surface area contributed by atoms with Gasteiger partial charge in [-0.2, -0.15) is 5.10 Å². The number of carbonyl (C=O) groups is 1. The highest BCUT2D eigenvalue weighted by Gasteiger charge is 2.33. The monoisotopic (exact) mass is 395 g/mol. The maximum absolute atomic E-state index is 12.8. The second-order valence-electron chi connectivity index (χ2n) is 9.53. The molecule has 0 radical (unpaired) electrons. The number of nitrogens with one attached hydrogen (secondary N) is 1. The third-order valence-corrected chi connectivity index (χ3v) is 6.83. The van der Waals surface area contributed by atoms with E-state index in [9.17, 15) is 4.79 Å². The van der Waals surface area contributed by atoms with Gasteiger partial charge in [0, 0.05) is 30.6 Å². The van der Waals surface area contributed by atoms with Crippen LogP contribution in [0.15, 0.2) is 10.2 Å². The first-order valence-corrected chi connectivity index (χ1v) is 11.1. The average molecular weight is 396 g/mol. The molecule has 0 aromatic rings. The lowest BCUT2D eigenvalue weighted by Crippen LogP contribution is -2.44. The smallest absolute Gasteiger partial charge is 0.240 e. The van der Waals surface area contributed by atoms with Crippen molar-refractivity contribution in [3.63, 3.8) is 0 Å². The van der Waals surface area contributed by atoms with E-state index in [1.54, 1.807) is 11.8 Å².